The zero-order chi connectivity index (χ0) is 13.5. The van der Waals surface area contributed by atoms with Gasteiger partial charge in [0, 0.05) is 24.2 Å². The molecule has 100 valence electrons. The minimum Gasteiger partial charge on any atom is -0.481 e. The molecule has 1 aromatic rings. The Morgan fingerprint density at radius 2 is 2.05 bits per heavy atom. The first kappa shape index (κ1) is 12.4. The number of ether oxygens (including phenoxy) is 1. The van der Waals surface area contributed by atoms with Gasteiger partial charge in [0.25, 0.3) is 0 Å². The topological polar surface area (TPSA) is 63.6 Å². The Labute approximate surface area is 111 Å². The molecule has 1 heterocycles. The first-order chi connectivity index (χ1) is 9.11. The number of carboxylic acids is 1. The predicted octanol–water partition coefficient (Wildman–Crippen LogP) is 1.85. The average molecular weight is 260 g/mol. The fourth-order valence-corrected chi connectivity index (χ4v) is 3.17. The van der Waals surface area contributed by atoms with Gasteiger partial charge in [0.2, 0.25) is 0 Å². The summed E-state index contributed by atoms with van der Waals surface area (Å²) in [4.78, 5) is 23.4. The van der Waals surface area contributed by atoms with Crippen molar-refractivity contribution in [3.05, 3.63) is 34.9 Å². The van der Waals surface area contributed by atoms with Crippen LogP contribution in [0.5, 0.6) is 0 Å². The van der Waals surface area contributed by atoms with Crippen LogP contribution in [0.15, 0.2) is 18.2 Å². The molecule has 0 unspecified atom stereocenters. The number of benzene rings is 1. The van der Waals surface area contributed by atoms with E-state index in [2.05, 4.69) is 0 Å². The maximum Gasteiger partial charge on any atom is 0.307 e. The van der Waals surface area contributed by atoms with Gasteiger partial charge in [0.1, 0.15) is 0 Å². The second-order valence-corrected chi connectivity index (χ2v) is 5.46. The van der Waals surface area contributed by atoms with Crippen molar-refractivity contribution in [2.75, 3.05) is 13.2 Å². The largest absolute Gasteiger partial charge is 0.481 e. The van der Waals surface area contributed by atoms with Gasteiger partial charge in [-0.25, -0.2) is 0 Å². The summed E-state index contributed by atoms with van der Waals surface area (Å²) in [6.07, 6.45) is 2.29. The predicted molar refractivity (Wildman–Crippen MR) is 68.3 cm³/mol. The summed E-state index contributed by atoms with van der Waals surface area (Å²) in [6, 6.07) is 5.49. The molecule has 2 aliphatic rings. The van der Waals surface area contributed by atoms with E-state index in [-0.39, 0.29) is 17.6 Å². The van der Waals surface area contributed by atoms with Crippen LogP contribution < -0.4 is 0 Å². The van der Waals surface area contributed by atoms with Crippen LogP contribution in [0.1, 0.15) is 34.3 Å². The number of ketones is 1. The highest BCUT2D eigenvalue weighted by Gasteiger charge is 2.46. The van der Waals surface area contributed by atoms with Crippen molar-refractivity contribution >= 4 is 11.8 Å². The molecule has 1 spiro atoms. The average Bonchev–Trinajstić information content (AvgIpc) is 2.64. The molecular formula is C15H16O4. The Hall–Kier alpha value is -1.68. The van der Waals surface area contributed by atoms with Gasteiger partial charge in [-0.3, -0.25) is 9.59 Å². The summed E-state index contributed by atoms with van der Waals surface area (Å²) in [6.45, 7) is 1.28. The molecule has 4 heteroatoms. The van der Waals surface area contributed by atoms with Crippen LogP contribution in [0.2, 0.25) is 0 Å². The molecule has 1 fully saturated rings. The van der Waals surface area contributed by atoms with E-state index in [4.69, 9.17) is 9.84 Å². The zero-order valence-electron chi connectivity index (χ0n) is 10.6. The van der Waals surface area contributed by atoms with E-state index in [0.29, 0.717) is 18.8 Å². The summed E-state index contributed by atoms with van der Waals surface area (Å²) >= 11 is 0. The van der Waals surface area contributed by atoms with Gasteiger partial charge in [0.15, 0.2) is 5.78 Å². The van der Waals surface area contributed by atoms with E-state index in [1.807, 2.05) is 12.1 Å². The molecule has 1 saturated heterocycles. The molecule has 0 amide bonds. The van der Waals surface area contributed by atoms with Crippen LogP contribution in [-0.4, -0.2) is 30.1 Å². The van der Waals surface area contributed by atoms with E-state index in [1.54, 1.807) is 6.07 Å². The normalized spacial score (nSPS) is 20.5. The standard InChI is InChI=1S/C15H16O4/c16-13(17)8-10-1-2-11-9-15(3-5-19-6-4-15)14(18)12(11)7-10/h1-2,7H,3-6,8-9H2,(H,16,17). The number of fused-ring (bicyclic) bond motifs is 1. The lowest BCUT2D eigenvalue weighted by Gasteiger charge is -2.31. The van der Waals surface area contributed by atoms with Crippen molar-refractivity contribution in [3.63, 3.8) is 0 Å². The Bertz CT molecular complexity index is 541. The summed E-state index contributed by atoms with van der Waals surface area (Å²) in [5.41, 5.74) is 2.19. The first-order valence-electron chi connectivity index (χ1n) is 6.57. The van der Waals surface area contributed by atoms with Crippen molar-refractivity contribution in [1.29, 1.82) is 0 Å². The monoisotopic (exact) mass is 260 g/mol. The SMILES string of the molecule is O=C(O)Cc1ccc2c(c1)C(=O)C1(CCOCC1)C2. The fraction of sp³-hybridized carbons (Fsp3) is 0.467. The molecule has 0 bridgehead atoms. The molecule has 4 nitrogen and oxygen atoms in total. The molecule has 0 aromatic heterocycles. The third kappa shape index (κ3) is 2.06. The summed E-state index contributed by atoms with van der Waals surface area (Å²) < 4.78 is 5.35. The highest BCUT2D eigenvalue weighted by molar-refractivity contribution is 6.05. The first-order valence-corrected chi connectivity index (χ1v) is 6.57. The molecule has 1 aliphatic heterocycles. The zero-order valence-corrected chi connectivity index (χ0v) is 10.6. The van der Waals surface area contributed by atoms with Gasteiger partial charge < -0.3 is 9.84 Å². The second kappa shape index (κ2) is 4.46. The Kier molecular flexibility index (Phi) is 2.90. The molecule has 1 aromatic carbocycles. The number of carbonyl (C=O) groups is 2. The van der Waals surface area contributed by atoms with Gasteiger partial charge in [-0.1, -0.05) is 12.1 Å². The van der Waals surface area contributed by atoms with E-state index in [9.17, 15) is 9.59 Å². The van der Waals surface area contributed by atoms with Gasteiger partial charge in [0.05, 0.1) is 6.42 Å². The minimum absolute atomic E-state index is 0.0311. The minimum atomic E-state index is -0.869. The highest BCUT2D eigenvalue weighted by Crippen LogP contribution is 2.44. The van der Waals surface area contributed by atoms with Crippen molar-refractivity contribution in [1.82, 2.24) is 0 Å². The molecule has 0 saturated carbocycles. The number of Topliss-reactive ketones (excluding diaryl/α,β-unsaturated/α-hetero) is 1. The number of rotatable bonds is 2. The van der Waals surface area contributed by atoms with E-state index < -0.39 is 5.97 Å². The Morgan fingerprint density at radius 3 is 2.74 bits per heavy atom. The van der Waals surface area contributed by atoms with Crippen LogP contribution in [0, 0.1) is 5.41 Å². The number of carboxylic acid groups (broad SMARTS) is 1. The molecular weight excluding hydrogens is 244 g/mol. The van der Waals surface area contributed by atoms with Crippen LogP contribution >= 0.6 is 0 Å². The summed E-state index contributed by atoms with van der Waals surface area (Å²) in [5, 5.41) is 8.82. The third-order valence-corrected chi connectivity index (χ3v) is 4.23. The van der Waals surface area contributed by atoms with Gasteiger partial charge in [-0.15, -0.1) is 0 Å². The fourth-order valence-electron chi connectivity index (χ4n) is 3.17. The molecule has 1 aliphatic carbocycles. The van der Waals surface area contributed by atoms with Gasteiger partial charge >= 0.3 is 5.97 Å². The molecule has 19 heavy (non-hydrogen) atoms. The summed E-state index contributed by atoms with van der Waals surface area (Å²) in [7, 11) is 0. The van der Waals surface area contributed by atoms with Crippen LogP contribution in [0.4, 0.5) is 0 Å². The van der Waals surface area contributed by atoms with Crippen LogP contribution in [0.3, 0.4) is 0 Å². The molecule has 0 radical (unpaired) electrons. The molecule has 1 N–H and O–H groups in total. The van der Waals surface area contributed by atoms with Crippen LogP contribution in [0.25, 0.3) is 0 Å². The lowest BCUT2D eigenvalue weighted by molar-refractivity contribution is -0.136. The lowest BCUT2D eigenvalue weighted by Crippen LogP contribution is -2.34. The van der Waals surface area contributed by atoms with Crippen molar-refractivity contribution < 1.29 is 19.4 Å². The summed E-state index contributed by atoms with van der Waals surface area (Å²) in [5.74, 6) is -0.691. The number of carbonyl (C=O) groups excluding carboxylic acids is 1. The van der Waals surface area contributed by atoms with Gasteiger partial charge in [-0.05, 0) is 36.5 Å². The quantitative estimate of drug-likeness (QED) is 0.881. The smallest absolute Gasteiger partial charge is 0.307 e. The maximum absolute atomic E-state index is 12.6. The Balaban J connectivity index is 1.92. The lowest BCUT2D eigenvalue weighted by atomic mass is 9.77. The second-order valence-electron chi connectivity index (χ2n) is 5.46. The van der Waals surface area contributed by atoms with Crippen molar-refractivity contribution in [2.24, 2.45) is 5.41 Å². The number of aliphatic carboxylic acids is 1. The number of hydrogen-bond acceptors (Lipinski definition) is 3. The van der Waals surface area contributed by atoms with Crippen LogP contribution in [-0.2, 0) is 22.4 Å². The Morgan fingerprint density at radius 1 is 1.32 bits per heavy atom. The van der Waals surface area contributed by atoms with Gasteiger partial charge in [-0.2, -0.15) is 0 Å². The molecule has 3 rings (SSSR count). The van der Waals surface area contributed by atoms with Crippen molar-refractivity contribution in [2.45, 2.75) is 25.7 Å². The molecule has 0 atom stereocenters. The van der Waals surface area contributed by atoms with Crippen molar-refractivity contribution in [3.8, 4) is 0 Å². The van der Waals surface area contributed by atoms with E-state index in [1.165, 1.54) is 0 Å². The maximum atomic E-state index is 12.6. The van der Waals surface area contributed by atoms with E-state index in [0.717, 1.165) is 30.4 Å². The highest BCUT2D eigenvalue weighted by atomic mass is 16.5. The third-order valence-electron chi connectivity index (χ3n) is 4.23. The number of hydrogen-bond donors (Lipinski definition) is 1. The van der Waals surface area contributed by atoms with E-state index >= 15 is 0 Å².